The summed E-state index contributed by atoms with van der Waals surface area (Å²) in [5.74, 6) is 0.360. The molecule has 0 bridgehead atoms. The molecule has 3 N–H and O–H groups in total. The lowest BCUT2D eigenvalue weighted by Crippen LogP contribution is -2.51. The van der Waals surface area contributed by atoms with Crippen LogP contribution in [0, 0.1) is 11.3 Å². The Bertz CT molecular complexity index is 504. The van der Waals surface area contributed by atoms with Crippen LogP contribution in [0.3, 0.4) is 0 Å². The van der Waals surface area contributed by atoms with Crippen LogP contribution in [-0.4, -0.2) is 24.7 Å². The lowest BCUT2D eigenvalue weighted by atomic mass is 9.92. The number of carbonyl (C=O) groups is 1. The van der Waals surface area contributed by atoms with Crippen LogP contribution in [0.25, 0.3) is 0 Å². The van der Waals surface area contributed by atoms with Crippen molar-refractivity contribution < 1.29 is 9.53 Å². The van der Waals surface area contributed by atoms with Gasteiger partial charge >= 0.3 is 0 Å². The van der Waals surface area contributed by atoms with Gasteiger partial charge in [0.2, 0.25) is 5.91 Å². The summed E-state index contributed by atoms with van der Waals surface area (Å²) in [7, 11) is 0. The molecule has 1 aromatic carbocycles. The van der Waals surface area contributed by atoms with Crippen molar-refractivity contribution in [3.63, 3.8) is 0 Å². The molecule has 3 unspecified atom stereocenters. The SMILES string of the molecule is CCC1NNC(NC(=O)C(C)(C)COCc2ccccc2)C1C. The Hall–Kier alpha value is -1.43. The van der Waals surface area contributed by atoms with E-state index in [1.54, 1.807) is 0 Å². The van der Waals surface area contributed by atoms with Crippen molar-refractivity contribution in [2.45, 2.75) is 52.9 Å². The first-order chi connectivity index (χ1) is 10.9. The number of benzene rings is 1. The molecule has 1 fully saturated rings. The number of hydrazine groups is 1. The number of ether oxygens (including phenoxy) is 1. The topological polar surface area (TPSA) is 62.4 Å². The zero-order valence-corrected chi connectivity index (χ0v) is 14.6. The van der Waals surface area contributed by atoms with Crippen molar-refractivity contribution in [2.24, 2.45) is 11.3 Å². The largest absolute Gasteiger partial charge is 0.376 e. The molecule has 5 heteroatoms. The molecule has 5 nitrogen and oxygen atoms in total. The second-order valence-corrected chi connectivity index (χ2v) is 6.98. The average Bonchev–Trinajstić information content (AvgIpc) is 2.88. The molecule has 0 aromatic heterocycles. The van der Waals surface area contributed by atoms with Gasteiger partial charge in [0.05, 0.1) is 24.8 Å². The fraction of sp³-hybridized carbons (Fsp3) is 0.611. The Kier molecular flexibility index (Phi) is 6.16. The fourth-order valence-electron chi connectivity index (χ4n) is 2.73. The Morgan fingerprint density at radius 2 is 1.96 bits per heavy atom. The molecule has 1 heterocycles. The predicted octanol–water partition coefficient (Wildman–Crippen LogP) is 2.19. The van der Waals surface area contributed by atoms with Crippen molar-refractivity contribution in [3.8, 4) is 0 Å². The third kappa shape index (κ3) is 4.77. The molecule has 23 heavy (non-hydrogen) atoms. The minimum absolute atomic E-state index is 0.00784. The standard InChI is InChI=1S/C18H29N3O2/c1-5-15-13(2)16(21-20-15)19-17(22)18(3,4)12-23-11-14-9-7-6-8-10-14/h6-10,13,15-16,20-21H,5,11-12H2,1-4H3,(H,19,22). The van der Waals surface area contributed by atoms with Gasteiger partial charge in [-0.25, -0.2) is 5.43 Å². The quantitative estimate of drug-likeness (QED) is 0.721. The molecule has 0 radical (unpaired) electrons. The second kappa shape index (κ2) is 7.90. The molecule has 0 aliphatic carbocycles. The highest BCUT2D eigenvalue weighted by Gasteiger charge is 2.36. The maximum Gasteiger partial charge on any atom is 0.229 e. The van der Waals surface area contributed by atoms with Crippen LogP contribution in [0.15, 0.2) is 30.3 Å². The molecule has 1 amide bonds. The summed E-state index contributed by atoms with van der Waals surface area (Å²) in [4.78, 5) is 12.5. The summed E-state index contributed by atoms with van der Waals surface area (Å²) in [6.07, 6.45) is 0.991. The van der Waals surface area contributed by atoms with Gasteiger partial charge < -0.3 is 10.1 Å². The number of carbonyl (C=O) groups excluding carboxylic acids is 1. The molecule has 3 atom stereocenters. The van der Waals surface area contributed by atoms with Crippen molar-refractivity contribution in [3.05, 3.63) is 35.9 Å². The van der Waals surface area contributed by atoms with Gasteiger partial charge in [0.25, 0.3) is 0 Å². The monoisotopic (exact) mass is 319 g/mol. The van der Waals surface area contributed by atoms with Crippen LogP contribution < -0.4 is 16.2 Å². The molecule has 1 saturated heterocycles. The third-order valence-corrected chi connectivity index (χ3v) is 4.50. The van der Waals surface area contributed by atoms with E-state index in [0.717, 1.165) is 12.0 Å². The Morgan fingerprint density at radius 3 is 2.57 bits per heavy atom. The van der Waals surface area contributed by atoms with Gasteiger partial charge in [0.15, 0.2) is 0 Å². The fourth-order valence-corrected chi connectivity index (χ4v) is 2.73. The number of nitrogens with one attached hydrogen (secondary N) is 3. The number of hydrogen-bond donors (Lipinski definition) is 3. The molecule has 0 saturated carbocycles. The summed E-state index contributed by atoms with van der Waals surface area (Å²) < 4.78 is 5.74. The van der Waals surface area contributed by atoms with E-state index in [-0.39, 0.29) is 12.1 Å². The summed E-state index contributed by atoms with van der Waals surface area (Å²) in [6.45, 7) is 9.02. The van der Waals surface area contributed by atoms with E-state index in [9.17, 15) is 4.79 Å². The van der Waals surface area contributed by atoms with Crippen molar-refractivity contribution in [1.82, 2.24) is 16.2 Å². The summed E-state index contributed by atoms with van der Waals surface area (Å²) in [5.41, 5.74) is 6.95. The first-order valence-corrected chi connectivity index (χ1v) is 8.37. The Morgan fingerprint density at radius 1 is 1.26 bits per heavy atom. The number of rotatable bonds is 7. The highest BCUT2D eigenvalue weighted by atomic mass is 16.5. The van der Waals surface area contributed by atoms with E-state index >= 15 is 0 Å². The molecule has 1 aromatic rings. The summed E-state index contributed by atoms with van der Waals surface area (Å²) >= 11 is 0. The van der Waals surface area contributed by atoms with E-state index in [4.69, 9.17) is 4.74 Å². The molecule has 1 aliphatic heterocycles. The molecule has 1 aliphatic rings. The maximum atomic E-state index is 12.5. The highest BCUT2D eigenvalue weighted by molar-refractivity contribution is 5.82. The number of hydrogen-bond acceptors (Lipinski definition) is 4. The van der Waals surface area contributed by atoms with Crippen LogP contribution in [0.1, 0.15) is 39.7 Å². The van der Waals surface area contributed by atoms with Gasteiger partial charge in [-0.2, -0.15) is 0 Å². The van der Waals surface area contributed by atoms with E-state index < -0.39 is 5.41 Å². The van der Waals surface area contributed by atoms with E-state index in [1.165, 1.54) is 0 Å². The van der Waals surface area contributed by atoms with Gasteiger partial charge in [-0.05, 0) is 25.8 Å². The van der Waals surface area contributed by atoms with E-state index in [2.05, 4.69) is 30.0 Å². The van der Waals surface area contributed by atoms with Gasteiger partial charge in [-0.1, -0.05) is 44.2 Å². The van der Waals surface area contributed by atoms with Crippen molar-refractivity contribution in [1.29, 1.82) is 0 Å². The minimum Gasteiger partial charge on any atom is -0.376 e. The first kappa shape index (κ1) is 17.9. The van der Waals surface area contributed by atoms with E-state index in [0.29, 0.717) is 25.2 Å². The van der Waals surface area contributed by atoms with E-state index in [1.807, 2.05) is 44.2 Å². The van der Waals surface area contributed by atoms with Crippen LogP contribution in [0.2, 0.25) is 0 Å². The summed E-state index contributed by atoms with van der Waals surface area (Å²) in [5, 5.41) is 3.09. The zero-order valence-electron chi connectivity index (χ0n) is 14.6. The lowest BCUT2D eigenvalue weighted by Gasteiger charge is -2.27. The first-order valence-electron chi connectivity index (χ1n) is 8.37. The van der Waals surface area contributed by atoms with Crippen molar-refractivity contribution >= 4 is 5.91 Å². The van der Waals surface area contributed by atoms with Crippen LogP contribution in [0.5, 0.6) is 0 Å². The predicted molar refractivity (Wildman–Crippen MR) is 91.3 cm³/mol. The molecular formula is C18H29N3O2. The zero-order chi connectivity index (χ0) is 16.9. The maximum absolute atomic E-state index is 12.5. The van der Waals surface area contributed by atoms with Gasteiger partial charge in [0.1, 0.15) is 0 Å². The van der Waals surface area contributed by atoms with Crippen LogP contribution >= 0.6 is 0 Å². The third-order valence-electron chi connectivity index (χ3n) is 4.50. The molecule has 0 spiro atoms. The van der Waals surface area contributed by atoms with Crippen LogP contribution in [0.4, 0.5) is 0 Å². The average molecular weight is 319 g/mol. The smallest absolute Gasteiger partial charge is 0.229 e. The second-order valence-electron chi connectivity index (χ2n) is 6.98. The lowest BCUT2D eigenvalue weighted by molar-refractivity contribution is -0.134. The van der Waals surface area contributed by atoms with Gasteiger partial charge in [0, 0.05) is 12.0 Å². The molecular weight excluding hydrogens is 290 g/mol. The summed E-state index contributed by atoms with van der Waals surface area (Å²) in [6, 6.07) is 10.4. The Labute approximate surface area is 139 Å². The highest BCUT2D eigenvalue weighted by Crippen LogP contribution is 2.20. The number of amides is 1. The van der Waals surface area contributed by atoms with Gasteiger partial charge in [-0.3, -0.25) is 10.2 Å². The van der Waals surface area contributed by atoms with Crippen molar-refractivity contribution in [2.75, 3.05) is 6.61 Å². The normalized spacial score (nSPS) is 24.6. The van der Waals surface area contributed by atoms with Crippen LogP contribution in [-0.2, 0) is 16.1 Å². The molecule has 128 valence electrons. The molecule has 2 rings (SSSR count). The Balaban J connectivity index is 1.80. The van der Waals surface area contributed by atoms with Gasteiger partial charge in [-0.15, -0.1) is 0 Å². The minimum atomic E-state index is -0.569.